The molecule has 1 saturated carbocycles. The summed E-state index contributed by atoms with van der Waals surface area (Å²) >= 11 is 1.73. The summed E-state index contributed by atoms with van der Waals surface area (Å²) in [5, 5.41) is 6.06. The van der Waals surface area contributed by atoms with Crippen LogP contribution in [0.5, 0.6) is 0 Å². The Morgan fingerprint density at radius 1 is 1.47 bits per heavy atom. The summed E-state index contributed by atoms with van der Waals surface area (Å²) in [6, 6.07) is 4.81. The minimum atomic E-state index is -3.67. The number of aromatic nitrogens is 2. The number of thioether (sulfide) groups is 1. The standard InChI is InChI=1S/C12H15N3O2S2/c1-15-11-5-4-9(19(13,16)17)6-10(11)14-12(15)18-7-8-2-3-8/h4-6,8H,2-3,7H2,1H3,(H2,13,16,17). The second-order valence-corrected chi connectivity index (χ2v) is 7.45. The fourth-order valence-electron chi connectivity index (χ4n) is 1.94. The van der Waals surface area contributed by atoms with Crippen molar-refractivity contribution in [3.8, 4) is 0 Å². The monoisotopic (exact) mass is 297 g/mol. The first-order valence-corrected chi connectivity index (χ1v) is 8.60. The number of sulfonamides is 1. The van der Waals surface area contributed by atoms with Gasteiger partial charge in [0.05, 0.1) is 15.9 Å². The molecule has 1 heterocycles. The molecule has 0 amide bonds. The maximum atomic E-state index is 11.3. The molecular formula is C12H15N3O2S2. The average molecular weight is 297 g/mol. The van der Waals surface area contributed by atoms with E-state index in [0.717, 1.165) is 22.3 Å². The largest absolute Gasteiger partial charge is 0.322 e. The van der Waals surface area contributed by atoms with E-state index >= 15 is 0 Å². The van der Waals surface area contributed by atoms with Crippen molar-refractivity contribution in [1.82, 2.24) is 9.55 Å². The number of aryl methyl sites for hydroxylation is 1. The Balaban J connectivity index is 1.99. The zero-order valence-corrected chi connectivity index (χ0v) is 12.2. The summed E-state index contributed by atoms with van der Waals surface area (Å²) in [4.78, 5) is 4.60. The van der Waals surface area contributed by atoms with E-state index < -0.39 is 10.0 Å². The zero-order valence-electron chi connectivity index (χ0n) is 10.5. The lowest BCUT2D eigenvalue weighted by Crippen LogP contribution is -2.11. The van der Waals surface area contributed by atoms with Crippen LogP contribution < -0.4 is 5.14 Å². The average Bonchev–Trinajstić information content (AvgIpc) is 3.11. The molecular weight excluding hydrogens is 282 g/mol. The van der Waals surface area contributed by atoms with E-state index in [0.29, 0.717) is 5.52 Å². The molecule has 1 aromatic carbocycles. The van der Waals surface area contributed by atoms with E-state index in [1.807, 2.05) is 11.6 Å². The van der Waals surface area contributed by atoms with Crippen LogP contribution in [0.15, 0.2) is 28.3 Å². The van der Waals surface area contributed by atoms with Crippen molar-refractivity contribution in [3.63, 3.8) is 0 Å². The Labute approximate surface area is 116 Å². The maximum absolute atomic E-state index is 11.3. The predicted octanol–water partition coefficient (Wildman–Crippen LogP) is 1.72. The summed E-state index contributed by atoms with van der Waals surface area (Å²) in [7, 11) is -1.72. The van der Waals surface area contributed by atoms with Gasteiger partial charge >= 0.3 is 0 Å². The van der Waals surface area contributed by atoms with Crippen LogP contribution in [-0.2, 0) is 17.1 Å². The number of fused-ring (bicyclic) bond motifs is 1. The molecule has 0 bridgehead atoms. The fourth-order valence-corrected chi connectivity index (χ4v) is 3.65. The lowest BCUT2D eigenvalue weighted by atomic mass is 10.3. The Morgan fingerprint density at radius 3 is 2.84 bits per heavy atom. The highest BCUT2D eigenvalue weighted by Gasteiger charge is 2.22. The lowest BCUT2D eigenvalue weighted by Gasteiger charge is -2.01. The maximum Gasteiger partial charge on any atom is 0.238 e. The molecule has 0 saturated heterocycles. The lowest BCUT2D eigenvalue weighted by molar-refractivity contribution is 0.598. The van der Waals surface area contributed by atoms with Crippen LogP contribution in [0.1, 0.15) is 12.8 Å². The van der Waals surface area contributed by atoms with Gasteiger partial charge in [-0.15, -0.1) is 0 Å². The van der Waals surface area contributed by atoms with Crippen LogP contribution in [0.3, 0.4) is 0 Å². The molecule has 2 N–H and O–H groups in total. The van der Waals surface area contributed by atoms with E-state index in [-0.39, 0.29) is 4.90 Å². The van der Waals surface area contributed by atoms with Crippen LogP contribution in [-0.4, -0.2) is 23.7 Å². The zero-order chi connectivity index (χ0) is 13.6. The Morgan fingerprint density at radius 2 is 2.21 bits per heavy atom. The quantitative estimate of drug-likeness (QED) is 0.872. The first-order chi connectivity index (χ1) is 8.95. The topological polar surface area (TPSA) is 78.0 Å². The summed E-state index contributed by atoms with van der Waals surface area (Å²) in [6.45, 7) is 0. The minimum Gasteiger partial charge on any atom is -0.322 e. The van der Waals surface area contributed by atoms with Gasteiger partial charge in [0.1, 0.15) is 0 Å². The van der Waals surface area contributed by atoms with Crippen molar-refractivity contribution in [3.05, 3.63) is 18.2 Å². The van der Waals surface area contributed by atoms with Gasteiger partial charge in [0.2, 0.25) is 10.0 Å². The second kappa shape index (κ2) is 4.50. The number of hydrogen-bond acceptors (Lipinski definition) is 4. The molecule has 1 aliphatic rings. The first kappa shape index (κ1) is 13.0. The van der Waals surface area contributed by atoms with Crippen molar-refractivity contribution in [1.29, 1.82) is 0 Å². The predicted molar refractivity (Wildman–Crippen MR) is 75.5 cm³/mol. The SMILES string of the molecule is Cn1c(SCC2CC2)nc2cc(S(N)(=O)=O)ccc21. The molecule has 0 unspecified atom stereocenters. The van der Waals surface area contributed by atoms with Crippen molar-refractivity contribution in [2.24, 2.45) is 18.1 Å². The van der Waals surface area contributed by atoms with Crippen molar-refractivity contribution in [2.45, 2.75) is 22.9 Å². The first-order valence-electron chi connectivity index (χ1n) is 6.07. The van der Waals surface area contributed by atoms with Gasteiger partial charge in [0.15, 0.2) is 5.16 Å². The van der Waals surface area contributed by atoms with Crippen molar-refractivity contribution < 1.29 is 8.42 Å². The Hall–Kier alpha value is -1.05. The van der Waals surface area contributed by atoms with Crippen LogP contribution in [0.25, 0.3) is 11.0 Å². The highest BCUT2D eigenvalue weighted by molar-refractivity contribution is 7.99. The van der Waals surface area contributed by atoms with E-state index in [1.165, 1.54) is 25.0 Å². The molecule has 1 fully saturated rings. The fraction of sp³-hybridized carbons (Fsp3) is 0.417. The number of rotatable bonds is 4. The smallest absolute Gasteiger partial charge is 0.238 e. The molecule has 3 rings (SSSR count). The van der Waals surface area contributed by atoms with Gasteiger partial charge in [-0.25, -0.2) is 18.5 Å². The molecule has 1 aromatic heterocycles. The van der Waals surface area contributed by atoms with Crippen LogP contribution in [0.4, 0.5) is 0 Å². The summed E-state index contributed by atoms with van der Waals surface area (Å²) in [6.07, 6.45) is 2.62. The molecule has 5 nitrogen and oxygen atoms in total. The van der Waals surface area contributed by atoms with Crippen LogP contribution in [0.2, 0.25) is 0 Å². The van der Waals surface area contributed by atoms with Crippen molar-refractivity contribution in [2.75, 3.05) is 5.75 Å². The normalized spacial score (nSPS) is 16.1. The van der Waals surface area contributed by atoms with Crippen molar-refractivity contribution >= 4 is 32.8 Å². The molecule has 0 spiro atoms. The summed E-state index contributed by atoms with van der Waals surface area (Å²) in [5.74, 6) is 1.91. The van der Waals surface area contributed by atoms with Crippen LogP contribution in [0, 0.1) is 5.92 Å². The van der Waals surface area contributed by atoms with Crippen LogP contribution >= 0.6 is 11.8 Å². The van der Waals surface area contributed by atoms with Gasteiger partial charge < -0.3 is 4.57 Å². The molecule has 2 aromatic rings. The number of benzene rings is 1. The van der Waals surface area contributed by atoms with Gasteiger partial charge in [0.25, 0.3) is 0 Å². The number of nitrogens with two attached hydrogens (primary N) is 1. The van der Waals surface area contributed by atoms with Gasteiger partial charge in [-0.05, 0) is 37.0 Å². The van der Waals surface area contributed by atoms with E-state index in [4.69, 9.17) is 5.14 Å². The Kier molecular flexibility index (Phi) is 3.07. The molecule has 0 atom stereocenters. The molecule has 1 aliphatic carbocycles. The van der Waals surface area contributed by atoms with Gasteiger partial charge in [0, 0.05) is 12.8 Å². The number of imidazole rings is 1. The van der Waals surface area contributed by atoms with E-state index in [9.17, 15) is 8.42 Å². The second-order valence-electron chi connectivity index (χ2n) is 4.90. The van der Waals surface area contributed by atoms with E-state index in [1.54, 1.807) is 17.8 Å². The third kappa shape index (κ3) is 2.63. The summed E-state index contributed by atoms with van der Waals surface area (Å²) < 4.78 is 24.7. The highest BCUT2D eigenvalue weighted by Crippen LogP contribution is 2.35. The minimum absolute atomic E-state index is 0.108. The third-order valence-corrected chi connectivity index (χ3v) is 5.46. The van der Waals surface area contributed by atoms with E-state index in [2.05, 4.69) is 4.98 Å². The Bertz CT molecular complexity index is 733. The molecule has 0 radical (unpaired) electrons. The van der Waals surface area contributed by atoms with Gasteiger partial charge in [-0.1, -0.05) is 11.8 Å². The number of nitrogens with zero attached hydrogens (tertiary/aromatic N) is 2. The number of hydrogen-bond donors (Lipinski definition) is 1. The molecule has 7 heteroatoms. The van der Waals surface area contributed by atoms with Gasteiger partial charge in [-0.3, -0.25) is 0 Å². The third-order valence-electron chi connectivity index (χ3n) is 3.28. The molecule has 102 valence electrons. The van der Waals surface area contributed by atoms with Gasteiger partial charge in [-0.2, -0.15) is 0 Å². The molecule has 0 aliphatic heterocycles. The molecule has 19 heavy (non-hydrogen) atoms. The summed E-state index contributed by atoms with van der Waals surface area (Å²) in [5.41, 5.74) is 1.60. The highest BCUT2D eigenvalue weighted by atomic mass is 32.2. The number of primary sulfonamides is 1.